The third-order valence-electron chi connectivity index (χ3n) is 4.17. The molecule has 0 amide bonds. The molecule has 140 valence electrons. The maximum Gasteiger partial charge on any atom is 0.264 e. The van der Waals surface area contributed by atoms with E-state index in [9.17, 15) is 8.42 Å². The van der Waals surface area contributed by atoms with Gasteiger partial charge in [0.25, 0.3) is 10.0 Å². The lowest BCUT2D eigenvalue weighted by atomic mass is 10.2. The van der Waals surface area contributed by atoms with E-state index in [4.69, 9.17) is 9.47 Å². The molecule has 0 aliphatic heterocycles. The normalized spacial score (nSPS) is 11.0. The lowest BCUT2D eigenvalue weighted by Crippen LogP contribution is -2.31. The Balaban J connectivity index is 2.10. The minimum Gasteiger partial charge on any atom is -0.497 e. The Morgan fingerprint density at radius 3 is 2.04 bits per heavy atom. The molecule has 0 aliphatic carbocycles. The summed E-state index contributed by atoms with van der Waals surface area (Å²) in [5.74, 6) is 1.09. The fourth-order valence-electron chi connectivity index (χ4n) is 2.76. The minimum atomic E-state index is -3.81. The van der Waals surface area contributed by atoms with E-state index < -0.39 is 10.0 Å². The van der Waals surface area contributed by atoms with Crippen LogP contribution in [-0.2, 0) is 16.6 Å². The fourth-order valence-corrected chi connectivity index (χ4v) is 4.22. The number of sulfonamides is 1. The Morgan fingerprint density at radius 2 is 1.41 bits per heavy atom. The van der Waals surface area contributed by atoms with Gasteiger partial charge in [-0.25, -0.2) is 8.42 Å². The van der Waals surface area contributed by atoms with E-state index in [-0.39, 0.29) is 11.4 Å². The maximum atomic E-state index is 13.4. The molecular formula is C21H21NO4S. The van der Waals surface area contributed by atoms with Gasteiger partial charge < -0.3 is 9.47 Å². The molecule has 0 N–H and O–H groups in total. The molecule has 0 saturated carbocycles. The number of anilines is 1. The Labute approximate surface area is 159 Å². The van der Waals surface area contributed by atoms with Gasteiger partial charge in [0.15, 0.2) is 0 Å². The molecule has 0 unspecified atom stereocenters. The predicted molar refractivity (Wildman–Crippen MR) is 106 cm³/mol. The number of ether oxygens (including phenoxy) is 2. The zero-order valence-corrected chi connectivity index (χ0v) is 16.0. The van der Waals surface area contributed by atoms with Crippen LogP contribution in [0.4, 0.5) is 5.69 Å². The van der Waals surface area contributed by atoms with Crippen LogP contribution >= 0.6 is 0 Å². The number of nitrogens with zero attached hydrogens (tertiary/aromatic N) is 1. The van der Waals surface area contributed by atoms with Crippen LogP contribution in [0.15, 0.2) is 83.8 Å². The second kappa shape index (κ2) is 8.14. The zero-order valence-electron chi connectivity index (χ0n) is 15.2. The largest absolute Gasteiger partial charge is 0.497 e. The van der Waals surface area contributed by atoms with E-state index in [1.807, 2.05) is 36.4 Å². The Morgan fingerprint density at radius 1 is 0.778 bits per heavy atom. The second-order valence-electron chi connectivity index (χ2n) is 5.84. The van der Waals surface area contributed by atoms with Crippen LogP contribution in [0.25, 0.3) is 0 Å². The highest BCUT2D eigenvalue weighted by atomic mass is 32.2. The van der Waals surface area contributed by atoms with Gasteiger partial charge in [-0.05, 0) is 42.0 Å². The van der Waals surface area contributed by atoms with Gasteiger partial charge in [0, 0.05) is 0 Å². The second-order valence-corrected chi connectivity index (χ2v) is 7.71. The summed E-state index contributed by atoms with van der Waals surface area (Å²) >= 11 is 0. The number of benzene rings is 3. The van der Waals surface area contributed by atoms with Crippen molar-refractivity contribution < 1.29 is 17.9 Å². The quantitative estimate of drug-likeness (QED) is 0.616. The molecule has 0 aliphatic rings. The monoisotopic (exact) mass is 383 g/mol. The molecule has 5 nitrogen and oxygen atoms in total. The first-order chi connectivity index (χ1) is 13.1. The van der Waals surface area contributed by atoms with Crippen molar-refractivity contribution in [1.82, 2.24) is 0 Å². The average Bonchev–Trinajstić information content (AvgIpc) is 2.72. The van der Waals surface area contributed by atoms with Crippen molar-refractivity contribution in [1.29, 1.82) is 0 Å². The van der Waals surface area contributed by atoms with Gasteiger partial charge in [0.05, 0.1) is 31.3 Å². The molecule has 6 heteroatoms. The lowest BCUT2D eigenvalue weighted by molar-refractivity contribution is 0.414. The summed E-state index contributed by atoms with van der Waals surface area (Å²) in [6.07, 6.45) is 0. The molecule has 0 atom stereocenters. The first kappa shape index (κ1) is 18.8. The van der Waals surface area contributed by atoms with Gasteiger partial charge >= 0.3 is 0 Å². The summed E-state index contributed by atoms with van der Waals surface area (Å²) in [4.78, 5) is 0.185. The molecule has 0 saturated heterocycles. The maximum absolute atomic E-state index is 13.4. The van der Waals surface area contributed by atoms with Crippen LogP contribution in [0.5, 0.6) is 11.5 Å². The number of hydrogen-bond acceptors (Lipinski definition) is 4. The molecule has 3 aromatic rings. The van der Waals surface area contributed by atoms with Crippen molar-refractivity contribution in [3.63, 3.8) is 0 Å². The van der Waals surface area contributed by atoms with Gasteiger partial charge in [-0.3, -0.25) is 4.31 Å². The van der Waals surface area contributed by atoms with Gasteiger partial charge in [0.2, 0.25) is 0 Å². The number of para-hydroxylation sites is 2. The Bertz CT molecular complexity index is 986. The fraction of sp³-hybridized carbons (Fsp3) is 0.143. The van der Waals surface area contributed by atoms with Crippen LogP contribution in [0.2, 0.25) is 0 Å². The molecule has 0 bridgehead atoms. The van der Waals surface area contributed by atoms with E-state index in [0.29, 0.717) is 17.2 Å². The van der Waals surface area contributed by atoms with E-state index in [2.05, 4.69) is 0 Å². The van der Waals surface area contributed by atoms with Crippen LogP contribution in [0, 0.1) is 0 Å². The van der Waals surface area contributed by atoms with E-state index in [0.717, 1.165) is 5.56 Å². The number of methoxy groups -OCH3 is 2. The van der Waals surface area contributed by atoms with Crippen LogP contribution < -0.4 is 13.8 Å². The van der Waals surface area contributed by atoms with Gasteiger partial charge in [-0.1, -0.05) is 42.5 Å². The Hall–Kier alpha value is -2.99. The van der Waals surface area contributed by atoms with Gasteiger partial charge in [-0.2, -0.15) is 0 Å². The standard InChI is InChI=1S/C21H21NO4S/c1-25-18-12-14-19(15-13-18)27(23,24)22(16-17-8-4-3-5-9-17)20-10-6-7-11-21(20)26-2/h3-15H,16H2,1-2H3. The molecule has 0 heterocycles. The van der Waals surface area contributed by atoms with Crippen molar-refractivity contribution in [3.05, 3.63) is 84.4 Å². The van der Waals surface area contributed by atoms with Crippen LogP contribution in [-0.4, -0.2) is 22.6 Å². The molecule has 0 spiro atoms. The first-order valence-corrected chi connectivity index (χ1v) is 9.84. The summed E-state index contributed by atoms with van der Waals surface area (Å²) in [6.45, 7) is 0.190. The van der Waals surface area contributed by atoms with Crippen molar-refractivity contribution in [2.24, 2.45) is 0 Å². The summed E-state index contributed by atoms with van der Waals surface area (Å²) < 4.78 is 38.8. The summed E-state index contributed by atoms with van der Waals surface area (Å²) in [7, 11) is -0.743. The van der Waals surface area contributed by atoms with Crippen LogP contribution in [0.1, 0.15) is 5.56 Å². The summed E-state index contributed by atoms with van der Waals surface area (Å²) in [6, 6.07) is 22.9. The molecule has 0 fully saturated rings. The average molecular weight is 383 g/mol. The van der Waals surface area contributed by atoms with Gasteiger partial charge in [0.1, 0.15) is 11.5 Å². The highest BCUT2D eigenvalue weighted by molar-refractivity contribution is 7.92. The third kappa shape index (κ3) is 4.06. The highest BCUT2D eigenvalue weighted by Gasteiger charge is 2.27. The van der Waals surface area contributed by atoms with Crippen molar-refractivity contribution in [2.45, 2.75) is 11.4 Å². The highest BCUT2D eigenvalue weighted by Crippen LogP contribution is 2.33. The molecule has 3 rings (SSSR count). The van der Waals surface area contributed by atoms with E-state index in [1.54, 1.807) is 49.6 Å². The van der Waals surface area contributed by atoms with E-state index in [1.165, 1.54) is 11.4 Å². The summed E-state index contributed by atoms with van der Waals surface area (Å²) in [5.41, 5.74) is 1.36. The molecular weight excluding hydrogens is 362 g/mol. The molecule has 0 radical (unpaired) electrons. The number of rotatable bonds is 7. The molecule has 27 heavy (non-hydrogen) atoms. The number of hydrogen-bond donors (Lipinski definition) is 0. The van der Waals surface area contributed by atoms with Gasteiger partial charge in [-0.15, -0.1) is 0 Å². The minimum absolute atomic E-state index is 0.185. The molecule has 0 aromatic heterocycles. The first-order valence-electron chi connectivity index (χ1n) is 8.40. The SMILES string of the molecule is COc1ccc(S(=O)(=O)N(Cc2ccccc2)c2ccccc2OC)cc1. The van der Waals surface area contributed by atoms with Crippen molar-refractivity contribution in [2.75, 3.05) is 18.5 Å². The van der Waals surface area contributed by atoms with Crippen molar-refractivity contribution >= 4 is 15.7 Å². The predicted octanol–water partition coefficient (Wildman–Crippen LogP) is 4.10. The third-order valence-corrected chi connectivity index (χ3v) is 5.94. The smallest absolute Gasteiger partial charge is 0.264 e. The Kier molecular flexibility index (Phi) is 5.66. The zero-order chi connectivity index (χ0) is 19.3. The topological polar surface area (TPSA) is 55.8 Å². The van der Waals surface area contributed by atoms with Crippen molar-refractivity contribution in [3.8, 4) is 11.5 Å². The van der Waals surface area contributed by atoms with Crippen LogP contribution in [0.3, 0.4) is 0 Å². The molecule has 3 aromatic carbocycles. The lowest BCUT2D eigenvalue weighted by Gasteiger charge is -2.26. The van der Waals surface area contributed by atoms with E-state index >= 15 is 0 Å². The summed E-state index contributed by atoms with van der Waals surface area (Å²) in [5, 5.41) is 0.